The maximum atomic E-state index is 12.2. The van der Waals surface area contributed by atoms with Crippen LogP contribution in [0.1, 0.15) is 44.9 Å². The second kappa shape index (κ2) is 5.54. The molecule has 0 spiro atoms. The standard InChI is InChI=1S/C17H26O4/c1-19-17(18)15-11-6-10-7-12(9-11)16(13(15)8-10)21-14-4-2-3-5-20-14/h10-16H,2-9H2,1H3/t10-,11-,12-,13-,14-,15+,16+/m0/s1. The van der Waals surface area contributed by atoms with Crippen LogP contribution in [-0.2, 0) is 19.0 Å². The minimum atomic E-state index is -0.0421. The molecule has 1 heterocycles. The van der Waals surface area contributed by atoms with E-state index in [1.807, 2.05) is 0 Å². The van der Waals surface area contributed by atoms with Crippen LogP contribution in [0, 0.1) is 29.6 Å². The number of carbonyl (C=O) groups excluding carboxylic acids is 1. The molecule has 0 aromatic rings. The fourth-order valence-electron chi connectivity index (χ4n) is 5.57. The molecule has 4 heteroatoms. The van der Waals surface area contributed by atoms with Gasteiger partial charge in [0.25, 0.3) is 0 Å². The summed E-state index contributed by atoms with van der Waals surface area (Å²) in [5, 5.41) is 0. The maximum absolute atomic E-state index is 12.2. The Labute approximate surface area is 126 Å². The molecule has 1 saturated heterocycles. The Hall–Kier alpha value is -0.610. The van der Waals surface area contributed by atoms with E-state index in [1.54, 1.807) is 0 Å². The van der Waals surface area contributed by atoms with Crippen molar-refractivity contribution in [3.05, 3.63) is 0 Å². The van der Waals surface area contributed by atoms with Crippen molar-refractivity contribution in [2.75, 3.05) is 13.7 Å². The largest absolute Gasteiger partial charge is 0.469 e. The third kappa shape index (κ3) is 2.40. The van der Waals surface area contributed by atoms with E-state index in [9.17, 15) is 4.79 Å². The first-order chi connectivity index (χ1) is 10.3. The van der Waals surface area contributed by atoms with E-state index in [1.165, 1.54) is 26.4 Å². The third-order valence-corrected chi connectivity index (χ3v) is 6.26. The summed E-state index contributed by atoms with van der Waals surface area (Å²) in [6, 6.07) is 0. The van der Waals surface area contributed by atoms with Gasteiger partial charge in [0.05, 0.1) is 19.1 Å². The van der Waals surface area contributed by atoms with Gasteiger partial charge in [-0.3, -0.25) is 4.79 Å². The molecule has 7 atom stereocenters. The van der Waals surface area contributed by atoms with Crippen molar-refractivity contribution in [2.45, 2.75) is 57.3 Å². The summed E-state index contributed by atoms with van der Waals surface area (Å²) in [6.07, 6.45) is 8.31. The summed E-state index contributed by atoms with van der Waals surface area (Å²) >= 11 is 0. The minimum absolute atomic E-state index is 0.0121. The van der Waals surface area contributed by atoms with Crippen molar-refractivity contribution < 1.29 is 19.0 Å². The highest BCUT2D eigenvalue weighted by Crippen LogP contribution is 2.58. The summed E-state index contributed by atoms with van der Waals surface area (Å²) < 4.78 is 17.2. The molecule has 0 radical (unpaired) electrons. The second-order valence-electron chi connectivity index (χ2n) is 7.44. The SMILES string of the molecule is COC(=O)[C@@H]1[C@H]2C[C@H]3C[C@@H](C2)[C@@H](O[C@H]2CCCCO2)[C@H]1C3. The molecule has 21 heavy (non-hydrogen) atoms. The first-order valence-corrected chi connectivity index (χ1v) is 8.61. The van der Waals surface area contributed by atoms with Crippen molar-refractivity contribution in [3.8, 4) is 0 Å². The van der Waals surface area contributed by atoms with E-state index >= 15 is 0 Å². The van der Waals surface area contributed by atoms with E-state index in [0.717, 1.165) is 38.2 Å². The van der Waals surface area contributed by atoms with E-state index in [4.69, 9.17) is 14.2 Å². The highest BCUT2D eigenvalue weighted by atomic mass is 16.7. The molecule has 5 fully saturated rings. The Morgan fingerprint density at radius 1 is 1.10 bits per heavy atom. The lowest BCUT2D eigenvalue weighted by Gasteiger charge is -2.57. The number of ether oxygens (including phenoxy) is 3. The van der Waals surface area contributed by atoms with E-state index in [0.29, 0.717) is 17.8 Å². The Morgan fingerprint density at radius 3 is 2.71 bits per heavy atom. The smallest absolute Gasteiger partial charge is 0.309 e. The highest BCUT2D eigenvalue weighted by molar-refractivity contribution is 5.73. The average molecular weight is 294 g/mol. The van der Waals surface area contributed by atoms with Crippen LogP contribution in [0.3, 0.4) is 0 Å². The summed E-state index contributed by atoms with van der Waals surface area (Å²) in [6.45, 7) is 0.818. The molecule has 0 amide bonds. The van der Waals surface area contributed by atoms with Gasteiger partial charge in [-0.1, -0.05) is 0 Å². The lowest BCUT2D eigenvalue weighted by molar-refractivity contribution is -0.248. The molecule has 5 rings (SSSR count). The van der Waals surface area contributed by atoms with Crippen LogP contribution >= 0.6 is 0 Å². The van der Waals surface area contributed by atoms with Gasteiger partial charge in [-0.05, 0) is 68.6 Å². The Bertz CT molecular complexity index is 404. The summed E-state index contributed by atoms with van der Waals surface area (Å²) in [5.74, 6) is 2.40. The summed E-state index contributed by atoms with van der Waals surface area (Å²) in [7, 11) is 1.52. The average Bonchev–Trinajstić information content (AvgIpc) is 2.51. The van der Waals surface area contributed by atoms with Crippen molar-refractivity contribution >= 4 is 5.97 Å². The zero-order chi connectivity index (χ0) is 14.4. The Kier molecular flexibility index (Phi) is 3.70. The molecule has 5 aliphatic rings. The van der Waals surface area contributed by atoms with Gasteiger partial charge in [0.2, 0.25) is 0 Å². The molecule has 4 saturated carbocycles. The van der Waals surface area contributed by atoms with E-state index in [-0.39, 0.29) is 24.3 Å². The Balaban J connectivity index is 1.51. The number of hydrogen-bond donors (Lipinski definition) is 0. The van der Waals surface area contributed by atoms with Gasteiger partial charge in [-0.2, -0.15) is 0 Å². The first-order valence-electron chi connectivity index (χ1n) is 8.61. The topological polar surface area (TPSA) is 44.8 Å². The third-order valence-electron chi connectivity index (χ3n) is 6.26. The zero-order valence-electron chi connectivity index (χ0n) is 12.8. The van der Waals surface area contributed by atoms with Gasteiger partial charge in [-0.15, -0.1) is 0 Å². The zero-order valence-corrected chi connectivity index (χ0v) is 12.8. The monoisotopic (exact) mass is 294 g/mol. The van der Waals surface area contributed by atoms with Gasteiger partial charge in [-0.25, -0.2) is 0 Å². The van der Waals surface area contributed by atoms with Crippen LogP contribution in [0.4, 0.5) is 0 Å². The van der Waals surface area contributed by atoms with Gasteiger partial charge >= 0.3 is 5.97 Å². The predicted octanol–water partition coefficient (Wildman–Crippen LogP) is 2.75. The molecule has 4 bridgehead atoms. The number of rotatable bonds is 3. The molecule has 4 nitrogen and oxygen atoms in total. The van der Waals surface area contributed by atoms with Crippen LogP contribution in [0.25, 0.3) is 0 Å². The second-order valence-corrected chi connectivity index (χ2v) is 7.44. The van der Waals surface area contributed by atoms with Crippen LogP contribution < -0.4 is 0 Å². The quantitative estimate of drug-likeness (QED) is 0.751. The number of esters is 1. The normalized spacial score (nSPS) is 48.3. The Morgan fingerprint density at radius 2 is 1.95 bits per heavy atom. The van der Waals surface area contributed by atoms with Crippen molar-refractivity contribution in [1.29, 1.82) is 0 Å². The van der Waals surface area contributed by atoms with Crippen LogP contribution in [-0.4, -0.2) is 32.1 Å². The molecular weight excluding hydrogens is 268 g/mol. The molecule has 0 aromatic carbocycles. The molecule has 0 N–H and O–H groups in total. The van der Waals surface area contributed by atoms with Gasteiger partial charge < -0.3 is 14.2 Å². The maximum Gasteiger partial charge on any atom is 0.309 e. The summed E-state index contributed by atoms with van der Waals surface area (Å²) in [4.78, 5) is 12.2. The fourth-order valence-corrected chi connectivity index (χ4v) is 5.57. The number of carbonyl (C=O) groups is 1. The minimum Gasteiger partial charge on any atom is -0.469 e. The lowest BCUT2D eigenvalue weighted by atomic mass is 9.50. The van der Waals surface area contributed by atoms with Crippen molar-refractivity contribution in [2.24, 2.45) is 29.6 Å². The highest BCUT2D eigenvalue weighted by Gasteiger charge is 2.57. The summed E-state index contributed by atoms with van der Waals surface area (Å²) in [5.41, 5.74) is 0. The first kappa shape index (κ1) is 14.0. The van der Waals surface area contributed by atoms with Gasteiger partial charge in [0.15, 0.2) is 6.29 Å². The molecule has 1 aliphatic heterocycles. The van der Waals surface area contributed by atoms with Crippen LogP contribution in [0.5, 0.6) is 0 Å². The molecule has 0 unspecified atom stereocenters. The van der Waals surface area contributed by atoms with Crippen LogP contribution in [0.15, 0.2) is 0 Å². The van der Waals surface area contributed by atoms with Crippen molar-refractivity contribution in [1.82, 2.24) is 0 Å². The van der Waals surface area contributed by atoms with Crippen LogP contribution in [0.2, 0.25) is 0 Å². The molecular formula is C17H26O4. The van der Waals surface area contributed by atoms with Gasteiger partial charge in [0, 0.05) is 6.61 Å². The number of methoxy groups -OCH3 is 1. The fraction of sp³-hybridized carbons (Fsp3) is 0.941. The van der Waals surface area contributed by atoms with E-state index in [2.05, 4.69) is 0 Å². The van der Waals surface area contributed by atoms with Gasteiger partial charge in [0.1, 0.15) is 0 Å². The molecule has 4 aliphatic carbocycles. The number of hydrogen-bond acceptors (Lipinski definition) is 4. The molecule has 118 valence electrons. The lowest BCUT2D eigenvalue weighted by Crippen LogP contribution is -2.57. The van der Waals surface area contributed by atoms with E-state index < -0.39 is 0 Å². The molecule has 0 aromatic heterocycles. The predicted molar refractivity (Wildman–Crippen MR) is 76.4 cm³/mol. The van der Waals surface area contributed by atoms with Crippen molar-refractivity contribution in [3.63, 3.8) is 0 Å².